The first-order valence-electron chi connectivity index (χ1n) is 6.59. The van der Waals surface area contributed by atoms with Crippen LogP contribution < -0.4 is 16.0 Å². The van der Waals surface area contributed by atoms with Gasteiger partial charge in [-0.05, 0) is 6.26 Å². The molecule has 0 saturated heterocycles. The highest BCUT2D eigenvalue weighted by atomic mass is 32.2. The van der Waals surface area contributed by atoms with Crippen LogP contribution in [0.25, 0.3) is 0 Å². The summed E-state index contributed by atoms with van der Waals surface area (Å²) in [7, 11) is 1.62. The van der Waals surface area contributed by atoms with E-state index in [1.165, 1.54) is 11.3 Å². The minimum Gasteiger partial charge on any atom is -0.396 e. The Bertz CT molecular complexity index is 678. The van der Waals surface area contributed by atoms with Crippen molar-refractivity contribution in [2.45, 2.75) is 18.0 Å². The van der Waals surface area contributed by atoms with E-state index in [-0.39, 0.29) is 5.91 Å². The van der Waals surface area contributed by atoms with Gasteiger partial charge in [0.25, 0.3) is 5.91 Å². The van der Waals surface area contributed by atoms with Crippen LogP contribution in [0.3, 0.4) is 0 Å². The van der Waals surface area contributed by atoms with Crippen LogP contribution in [0.5, 0.6) is 0 Å². The molecule has 1 aliphatic rings. The molecule has 0 fully saturated rings. The van der Waals surface area contributed by atoms with Crippen molar-refractivity contribution >= 4 is 39.7 Å². The largest absolute Gasteiger partial charge is 0.396 e. The van der Waals surface area contributed by atoms with Crippen molar-refractivity contribution in [3.05, 3.63) is 23.1 Å². The lowest BCUT2D eigenvalue weighted by molar-refractivity contribution is 0.0968. The number of nitrogens with two attached hydrogens (primary N) is 1. The highest BCUT2D eigenvalue weighted by Crippen LogP contribution is 2.44. The van der Waals surface area contributed by atoms with Gasteiger partial charge in [0.05, 0.1) is 17.1 Å². The molecule has 0 bridgehead atoms. The second-order valence-corrected chi connectivity index (χ2v) is 6.54. The van der Waals surface area contributed by atoms with Gasteiger partial charge in [-0.2, -0.15) is 0 Å². The molecule has 0 saturated carbocycles. The lowest BCUT2D eigenvalue weighted by Gasteiger charge is -2.29. The van der Waals surface area contributed by atoms with Gasteiger partial charge >= 0.3 is 0 Å². The van der Waals surface area contributed by atoms with Gasteiger partial charge in [0.1, 0.15) is 15.7 Å². The normalized spacial score (nSPS) is 14.1. The summed E-state index contributed by atoms with van der Waals surface area (Å²) in [5.41, 5.74) is 6.73. The van der Waals surface area contributed by atoms with Crippen LogP contribution in [0.15, 0.2) is 17.3 Å². The minimum atomic E-state index is -0.127. The second-order valence-electron chi connectivity index (χ2n) is 4.72. The van der Waals surface area contributed by atoms with Crippen molar-refractivity contribution in [3.63, 3.8) is 0 Å². The SMILES string of the molecule is CNC(=O)c1sc(N2CCn3ccnc3C2)c(SC)c1N. The number of rotatable bonds is 3. The molecular formula is C13H17N5OS2. The predicted molar refractivity (Wildman–Crippen MR) is 87.2 cm³/mol. The second kappa shape index (κ2) is 5.61. The zero-order valence-electron chi connectivity index (χ0n) is 11.9. The quantitative estimate of drug-likeness (QED) is 0.840. The van der Waals surface area contributed by atoms with Crippen molar-refractivity contribution in [1.29, 1.82) is 0 Å². The number of imidazole rings is 1. The summed E-state index contributed by atoms with van der Waals surface area (Å²) in [6.07, 6.45) is 5.81. The Morgan fingerprint density at radius 3 is 3.05 bits per heavy atom. The number of thioether (sulfide) groups is 1. The van der Waals surface area contributed by atoms with Gasteiger partial charge in [-0.25, -0.2) is 4.98 Å². The van der Waals surface area contributed by atoms with Crippen molar-refractivity contribution < 1.29 is 4.79 Å². The number of carbonyl (C=O) groups excluding carboxylic acids is 1. The number of hydrogen-bond acceptors (Lipinski definition) is 6. The maximum atomic E-state index is 11.9. The Morgan fingerprint density at radius 1 is 1.52 bits per heavy atom. The Kier molecular flexibility index (Phi) is 3.81. The molecule has 2 aromatic rings. The summed E-state index contributed by atoms with van der Waals surface area (Å²) in [6.45, 7) is 2.54. The highest BCUT2D eigenvalue weighted by Gasteiger charge is 2.26. The molecule has 1 amide bonds. The molecule has 2 aromatic heterocycles. The molecule has 0 aromatic carbocycles. The van der Waals surface area contributed by atoms with Gasteiger partial charge < -0.3 is 20.5 Å². The maximum absolute atomic E-state index is 11.9. The molecule has 3 N–H and O–H groups in total. The van der Waals surface area contributed by atoms with Crippen LogP contribution in [0.4, 0.5) is 10.7 Å². The monoisotopic (exact) mass is 323 g/mol. The van der Waals surface area contributed by atoms with E-state index >= 15 is 0 Å². The van der Waals surface area contributed by atoms with Gasteiger partial charge in [-0.3, -0.25) is 4.79 Å². The van der Waals surface area contributed by atoms with Gasteiger partial charge in [-0.1, -0.05) is 0 Å². The molecule has 6 nitrogen and oxygen atoms in total. The number of carbonyl (C=O) groups is 1. The van der Waals surface area contributed by atoms with Crippen molar-refractivity contribution in [2.24, 2.45) is 0 Å². The number of nitrogens with zero attached hydrogens (tertiary/aromatic N) is 3. The van der Waals surface area contributed by atoms with Gasteiger partial charge in [0.15, 0.2) is 0 Å². The summed E-state index contributed by atoms with van der Waals surface area (Å²) in [5, 5.41) is 3.71. The van der Waals surface area contributed by atoms with E-state index in [0.29, 0.717) is 10.6 Å². The summed E-state index contributed by atoms with van der Waals surface area (Å²) in [4.78, 5) is 20.1. The van der Waals surface area contributed by atoms with Crippen molar-refractivity contribution in [1.82, 2.24) is 14.9 Å². The lowest BCUT2D eigenvalue weighted by atomic mass is 10.3. The predicted octanol–water partition coefficient (Wildman–Crippen LogP) is 1.63. The zero-order chi connectivity index (χ0) is 15.0. The average molecular weight is 323 g/mol. The summed E-state index contributed by atoms with van der Waals surface area (Å²) < 4.78 is 2.16. The van der Waals surface area contributed by atoms with Gasteiger partial charge in [-0.15, -0.1) is 23.1 Å². The Balaban J connectivity index is 1.97. The van der Waals surface area contributed by atoms with Crippen LogP contribution in [0, 0.1) is 0 Å². The fraction of sp³-hybridized carbons (Fsp3) is 0.385. The third-order valence-electron chi connectivity index (χ3n) is 3.55. The molecule has 0 atom stereocenters. The number of nitrogen functional groups attached to an aromatic ring is 1. The molecule has 112 valence electrons. The first kappa shape index (κ1) is 14.3. The summed E-state index contributed by atoms with van der Waals surface area (Å²) in [5.74, 6) is 0.916. The van der Waals surface area contributed by atoms with Gasteiger partial charge in [0.2, 0.25) is 0 Å². The topological polar surface area (TPSA) is 76.2 Å². The molecule has 0 radical (unpaired) electrons. The van der Waals surface area contributed by atoms with Crippen LogP contribution in [0.1, 0.15) is 15.5 Å². The Labute approximate surface area is 131 Å². The molecule has 8 heteroatoms. The van der Waals surface area contributed by atoms with Crippen molar-refractivity contribution in [2.75, 3.05) is 30.5 Å². The third kappa shape index (κ3) is 2.38. The molecule has 1 aliphatic heterocycles. The number of aromatic nitrogens is 2. The Hall–Kier alpha value is -1.67. The van der Waals surface area contributed by atoms with E-state index in [0.717, 1.165) is 35.4 Å². The van der Waals surface area contributed by atoms with Crippen molar-refractivity contribution in [3.8, 4) is 0 Å². The number of thiophene rings is 1. The first-order valence-corrected chi connectivity index (χ1v) is 8.63. The van der Waals surface area contributed by atoms with E-state index in [1.807, 2.05) is 18.6 Å². The third-order valence-corrected chi connectivity index (χ3v) is 5.77. The highest BCUT2D eigenvalue weighted by molar-refractivity contribution is 7.99. The van der Waals surface area contributed by atoms with Gasteiger partial charge in [0, 0.05) is 32.5 Å². The zero-order valence-corrected chi connectivity index (χ0v) is 13.6. The molecule has 21 heavy (non-hydrogen) atoms. The van der Waals surface area contributed by atoms with E-state index in [2.05, 4.69) is 19.8 Å². The fourth-order valence-corrected chi connectivity index (χ4v) is 4.60. The molecule has 0 spiro atoms. The number of nitrogens with one attached hydrogen (secondary N) is 1. The molecular weight excluding hydrogens is 306 g/mol. The van der Waals surface area contributed by atoms with E-state index < -0.39 is 0 Å². The van der Waals surface area contributed by atoms with Crippen LogP contribution >= 0.6 is 23.1 Å². The fourth-order valence-electron chi connectivity index (χ4n) is 2.45. The summed E-state index contributed by atoms with van der Waals surface area (Å²) in [6, 6.07) is 0. The number of anilines is 2. The number of fused-ring (bicyclic) bond motifs is 1. The Morgan fingerprint density at radius 2 is 2.33 bits per heavy atom. The average Bonchev–Trinajstić information content (AvgIpc) is 3.09. The van der Waals surface area contributed by atoms with E-state index in [4.69, 9.17) is 5.73 Å². The van der Waals surface area contributed by atoms with Crippen LogP contribution in [-0.4, -0.2) is 35.3 Å². The molecule has 0 unspecified atom stereocenters. The molecule has 3 heterocycles. The lowest BCUT2D eigenvalue weighted by Crippen LogP contribution is -2.33. The number of amides is 1. The van der Waals surface area contributed by atoms with E-state index in [1.54, 1.807) is 18.8 Å². The van der Waals surface area contributed by atoms with Crippen LogP contribution in [-0.2, 0) is 13.1 Å². The molecule has 3 rings (SSSR count). The van der Waals surface area contributed by atoms with Crippen LogP contribution in [0.2, 0.25) is 0 Å². The molecule has 0 aliphatic carbocycles. The standard InChI is InChI=1S/C13H17N5OS2/c1-15-12(19)10-9(14)11(20-2)13(21-10)18-6-5-17-4-3-16-8(17)7-18/h3-4H,5-7,14H2,1-2H3,(H,15,19). The number of hydrogen-bond donors (Lipinski definition) is 2. The smallest absolute Gasteiger partial charge is 0.263 e. The summed E-state index contributed by atoms with van der Waals surface area (Å²) >= 11 is 3.04. The first-order chi connectivity index (χ1) is 10.2. The minimum absolute atomic E-state index is 0.127. The maximum Gasteiger partial charge on any atom is 0.263 e. The van der Waals surface area contributed by atoms with E-state index in [9.17, 15) is 4.79 Å².